The molecule has 1 aliphatic carbocycles. The summed E-state index contributed by atoms with van der Waals surface area (Å²) >= 11 is 0. The van der Waals surface area contributed by atoms with Gasteiger partial charge in [-0.05, 0) is 19.8 Å². The number of rotatable bonds is 4. The molecule has 1 fully saturated rings. The molecule has 1 saturated carbocycles. The first kappa shape index (κ1) is 12.0. The second kappa shape index (κ2) is 4.25. The van der Waals surface area contributed by atoms with Crippen molar-refractivity contribution in [3.63, 3.8) is 0 Å². The summed E-state index contributed by atoms with van der Waals surface area (Å²) in [6, 6.07) is -0.166. The first-order chi connectivity index (χ1) is 9.13. The van der Waals surface area contributed by atoms with Crippen molar-refractivity contribution < 1.29 is 8.78 Å². The number of halogens is 2. The van der Waals surface area contributed by atoms with Crippen LogP contribution in [0.4, 0.5) is 14.5 Å². The number of anilines is 1. The molecule has 0 aliphatic heterocycles. The SMILES string of the molecule is CC(Nc1c(F)cncc1F)C1(n2ccnn2)CC1. The van der Waals surface area contributed by atoms with E-state index in [2.05, 4.69) is 20.6 Å². The maximum absolute atomic E-state index is 13.6. The molecule has 1 atom stereocenters. The summed E-state index contributed by atoms with van der Waals surface area (Å²) in [5.41, 5.74) is -0.396. The van der Waals surface area contributed by atoms with Gasteiger partial charge in [0.25, 0.3) is 0 Å². The monoisotopic (exact) mass is 265 g/mol. The van der Waals surface area contributed by atoms with Crippen molar-refractivity contribution in [2.24, 2.45) is 0 Å². The Hall–Kier alpha value is -2.05. The molecular formula is C12H13F2N5. The molecule has 19 heavy (non-hydrogen) atoms. The highest BCUT2D eigenvalue weighted by Crippen LogP contribution is 2.46. The van der Waals surface area contributed by atoms with E-state index in [9.17, 15) is 8.78 Å². The van der Waals surface area contributed by atoms with Crippen LogP contribution < -0.4 is 5.32 Å². The molecule has 1 aliphatic rings. The van der Waals surface area contributed by atoms with Crippen molar-refractivity contribution in [3.8, 4) is 0 Å². The summed E-state index contributed by atoms with van der Waals surface area (Å²) in [7, 11) is 0. The molecule has 5 nitrogen and oxygen atoms in total. The van der Waals surface area contributed by atoms with Gasteiger partial charge in [-0.15, -0.1) is 5.10 Å². The van der Waals surface area contributed by atoms with Crippen molar-refractivity contribution in [1.29, 1.82) is 0 Å². The molecule has 0 spiro atoms. The molecule has 1 unspecified atom stereocenters. The number of hydrogen-bond acceptors (Lipinski definition) is 4. The lowest BCUT2D eigenvalue weighted by Crippen LogP contribution is -2.37. The van der Waals surface area contributed by atoms with E-state index in [-0.39, 0.29) is 17.3 Å². The summed E-state index contributed by atoms with van der Waals surface area (Å²) < 4.78 is 28.9. The van der Waals surface area contributed by atoms with Gasteiger partial charge in [-0.25, -0.2) is 13.5 Å². The molecule has 3 rings (SSSR count). The Morgan fingerprint density at radius 2 is 2.00 bits per heavy atom. The molecule has 0 bridgehead atoms. The van der Waals surface area contributed by atoms with E-state index in [1.54, 1.807) is 17.1 Å². The maximum atomic E-state index is 13.6. The standard InChI is InChI=1S/C12H13F2N5/c1-8(12(2-3-12)19-5-4-16-18-19)17-11-9(13)6-15-7-10(11)14/h4-8H,2-3H2,1H3,(H,15,17). The molecular weight excluding hydrogens is 252 g/mol. The van der Waals surface area contributed by atoms with Crippen molar-refractivity contribution in [1.82, 2.24) is 20.0 Å². The van der Waals surface area contributed by atoms with Crippen LogP contribution in [-0.4, -0.2) is 26.0 Å². The molecule has 100 valence electrons. The third-order valence-corrected chi connectivity index (χ3v) is 3.66. The molecule has 1 N–H and O–H groups in total. The van der Waals surface area contributed by atoms with Gasteiger partial charge in [0.2, 0.25) is 0 Å². The van der Waals surface area contributed by atoms with E-state index in [4.69, 9.17) is 0 Å². The number of hydrogen-bond donors (Lipinski definition) is 1. The van der Waals surface area contributed by atoms with Crippen molar-refractivity contribution >= 4 is 5.69 Å². The molecule has 2 heterocycles. The van der Waals surface area contributed by atoms with Crippen LogP contribution in [-0.2, 0) is 5.54 Å². The van der Waals surface area contributed by atoms with E-state index in [1.165, 1.54) is 0 Å². The van der Waals surface area contributed by atoms with Crippen LogP contribution in [0.15, 0.2) is 24.8 Å². The number of aromatic nitrogens is 4. The predicted molar refractivity (Wildman–Crippen MR) is 64.5 cm³/mol. The quantitative estimate of drug-likeness (QED) is 0.918. The fourth-order valence-electron chi connectivity index (χ4n) is 2.33. The van der Waals surface area contributed by atoms with Gasteiger partial charge in [0.15, 0.2) is 11.6 Å². The molecule has 7 heteroatoms. The normalized spacial score (nSPS) is 18.1. The largest absolute Gasteiger partial charge is 0.375 e. The minimum Gasteiger partial charge on any atom is -0.375 e. The van der Waals surface area contributed by atoms with E-state index in [0.29, 0.717) is 0 Å². The lowest BCUT2D eigenvalue weighted by Gasteiger charge is -2.25. The second-order valence-electron chi connectivity index (χ2n) is 4.80. The van der Waals surface area contributed by atoms with E-state index in [0.717, 1.165) is 25.2 Å². The lowest BCUT2D eigenvalue weighted by molar-refractivity contribution is 0.375. The summed E-state index contributed by atoms with van der Waals surface area (Å²) in [4.78, 5) is 3.46. The Bertz CT molecular complexity index is 560. The molecule has 0 radical (unpaired) electrons. The van der Waals surface area contributed by atoms with E-state index < -0.39 is 11.6 Å². The van der Waals surface area contributed by atoms with Gasteiger partial charge < -0.3 is 5.32 Å². The summed E-state index contributed by atoms with van der Waals surface area (Å²) in [6.07, 6.45) is 7.16. The average molecular weight is 265 g/mol. The molecule has 2 aromatic heterocycles. The van der Waals surface area contributed by atoms with E-state index in [1.807, 2.05) is 6.92 Å². The topological polar surface area (TPSA) is 55.6 Å². The Morgan fingerprint density at radius 1 is 1.32 bits per heavy atom. The molecule has 2 aromatic rings. The third-order valence-electron chi connectivity index (χ3n) is 3.66. The van der Waals surface area contributed by atoms with Gasteiger partial charge >= 0.3 is 0 Å². The number of nitrogens with one attached hydrogen (secondary N) is 1. The summed E-state index contributed by atoms with van der Waals surface area (Å²) in [5, 5.41) is 10.7. The van der Waals surface area contributed by atoms with Gasteiger partial charge in [-0.2, -0.15) is 0 Å². The second-order valence-corrected chi connectivity index (χ2v) is 4.80. The minimum atomic E-state index is -0.693. The smallest absolute Gasteiger partial charge is 0.167 e. The zero-order valence-corrected chi connectivity index (χ0v) is 10.3. The van der Waals surface area contributed by atoms with Gasteiger partial charge in [-0.1, -0.05) is 5.21 Å². The minimum absolute atomic E-state index is 0.145. The number of nitrogens with zero attached hydrogens (tertiary/aromatic N) is 4. The first-order valence-corrected chi connectivity index (χ1v) is 6.06. The zero-order chi connectivity index (χ0) is 13.5. The first-order valence-electron chi connectivity index (χ1n) is 6.06. The highest BCUT2D eigenvalue weighted by molar-refractivity contribution is 5.46. The van der Waals surface area contributed by atoms with Crippen molar-refractivity contribution in [3.05, 3.63) is 36.4 Å². The van der Waals surface area contributed by atoms with Crippen LogP contribution in [0.1, 0.15) is 19.8 Å². The Balaban J connectivity index is 1.85. The summed E-state index contributed by atoms with van der Waals surface area (Å²) in [6.45, 7) is 1.88. The Labute approximate surface area is 108 Å². The van der Waals surface area contributed by atoms with Gasteiger partial charge in [0.05, 0.1) is 24.1 Å². The molecule has 0 saturated heterocycles. The lowest BCUT2D eigenvalue weighted by atomic mass is 10.1. The zero-order valence-electron chi connectivity index (χ0n) is 10.3. The van der Waals surface area contributed by atoms with Gasteiger partial charge in [0.1, 0.15) is 5.69 Å². The Kier molecular flexibility index (Phi) is 2.69. The number of pyridine rings is 1. The van der Waals surface area contributed by atoms with Crippen LogP contribution in [0.3, 0.4) is 0 Å². The van der Waals surface area contributed by atoms with Crippen LogP contribution in [0.25, 0.3) is 0 Å². The van der Waals surface area contributed by atoms with Crippen LogP contribution in [0, 0.1) is 11.6 Å². The Morgan fingerprint density at radius 3 is 2.53 bits per heavy atom. The molecule has 0 aromatic carbocycles. The van der Waals surface area contributed by atoms with Gasteiger partial charge in [0, 0.05) is 12.2 Å². The highest BCUT2D eigenvalue weighted by Gasteiger charge is 2.50. The fourth-order valence-corrected chi connectivity index (χ4v) is 2.33. The fraction of sp³-hybridized carbons (Fsp3) is 0.417. The van der Waals surface area contributed by atoms with Crippen molar-refractivity contribution in [2.45, 2.75) is 31.3 Å². The average Bonchev–Trinajstić information content (AvgIpc) is 3.02. The predicted octanol–water partition coefficient (Wildman–Crippen LogP) is 1.94. The summed E-state index contributed by atoms with van der Waals surface area (Å²) in [5.74, 6) is -1.39. The van der Waals surface area contributed by atoms with Crippen LogP contribution in [0.2, 0.25) is 0 Å². The van der Waals surface area contributed by atoms with Crippen molar-refractivity contribution in [2.75, 3.05) is 5.32 Å². The van der Waals surface area contributed by atoms with E-state index >= 15 is 0 Å². The highest BCUT2D eigenvalue weighted by atomic mass is 19.1. The molecule has 0 amide bonds. The van der Waals surface area contributed by atoms with Crippen LogP contribution >= 0.6 is 0 Å². The van der Waals surface area contributed by atoms with Gasteiger partial charge in [-0.3, -0.25) is 4.98 Å². The third kappa shape index (κ3) is 1.94. The maximum Gasteiger partial charge on any atom is 0.167 e. The van der Waals surface area contributed by atoms with Crippen LogP contribution in [0.5, 0.6) is 0 Å².